The van der Waals surface area contributed by atoms with Gasteiger partial charge in [-0.1, -0.05) is 12.1 Å². The van der Waals surface area contributed by atoms with Crippen LogP contribution in [0.25, 0.3) is 11.3 Å². The van der Waals surface area contributed by atoms with Crippen molar-refractivity contribution in [3.8, 4) is 0 Å². The van der Waals surface area contributed by atoms with E-state index < -0.39 is 5.60 Å². The first kappa shape index (κ1) is 16.6. The van der Waals surface area contributed by atoms with E-state index in [0.717, 1.165) is 0 Å². The number of carbonyl (C=O) groups excluding carboxylic acids is 1. The molecule has 0 atom stereocenters. The Morgan fingerprint density at radius 1 is 1.08 bits per heavy atom. The Bertz CT molecular complexity index is 841. The van der Waals surface area contributed by atoms with E-state index in [2.05, 4.69) is 0 Å². The second-order valence-corrected chi connectivity index (χ2v) is 6.97. The molecule has 124 valence electrons. The molecule has 2 N–H and O–H groups in total. The summed E-state index contributed by atoms with van der Waals surface area (Å²) in [6.07, 6.45) is 1.82. The minimum Gasteiger partial charge on any atom is -0.478 e. The van der Waals surface area contributed by atoms with Gasteiger partial charge < -0.3 is 10.5 Å². The van der Waals surface area contributed by atoms with Gasteiger partial charge in [0.05, 0.1) is 5.57 Å². The highest BCUT2D eigenvalue weighted by Gasteiger charge is 2.42. The van der Waals surface area contributed by atoms with Crippen molar-refractivity contribution in [2.45, 2.75) is 24.3 Å². The van der Waals surface area contributed by atoms with Crippen molar-refractivity contribution in [3.63, 3.8) is 0 Å². The minimum absolute atomic E-state index is 0.128. The normalized spacial score (nSPS) is 16.4. The van der Waals surface area contributed by atoms with Gasteiger partial charge in [0.1, 0.15) is 11.6 Å². The Morgan fingerprint density at radius 2 is 1.71 bits per heavy atom. The second kappa shape index (κ2) is 5.98. The molecule has 0 aliphatic carbocycles. The summed E-state index contributed by atoms with van der Waals surface area (Å²) in [7, 11) is 0. The van der Waals surface area contributed by atoms with Crippen LogP contribution in [0.4, 0.5) is 10.1 Å². The third kappa shape index (κ3) is 2.80. The molecule has 1 aliphatic heterocycles. The van der Waals surface area contributed by atoms with E-state index in [1.165, 1.54) is 17.8 Å². The standard InChI is InChI=1S/C19H18FNO2S/c1-19(2)18(22)16(11-4-7-13(21)8-5-11)17(23-19)12-6-9-15(24-3)14(20)10-12/h4-10H,21H2,1-3H3. The summed E-state index contributed by atoms with van der Waals surface area (Å²) in [5.74, 6) is -0.0529. The molecule has 24 heavy (non-hydrogen) atoms. The molecule has 0 amide bonds. The SMILES string of the molecule is CSc1ccc(C2=C(c3ccc(N)cc3)C(=O)C(C)(C)O2)cc1F. The van der Waals surface area contributed by atoms with E-state index in [0.29, 0.717) is 33.0 Å². The van der Waals surface area contributed by atoms with Crippen LogP contribution in [0.2, 0.25) is 0 Å². The first-order valence-electron chi connectivity index (χ1n) is 7.51. The topological polar surface area (TPSA) is 52.3 Å². The molecule has 0 unspecified atom stereocenters. The van der Waals surface area contributed by atoms with Gasteiger partial charge in [-0.2, -0.15) is 0 Å². The fourth-order valence-electron chi connectivity index (χ4n) is 2.68. The summed E-state index contributed by atoms with van der Waals surface area (Å²) in [5.41, 5.74) is 7.07. The average Bonchev–Trinajstić information content (AvgIpc) is 2.79. The molecule has 5 heteroatoms. The van der Waals surface area contributed by atoms with Crippen molar-refractivity contribution in [3.05, 3.63) is 59.4 Å². The highest BCUT2D eigenvalue weighted by atomic mass is 32.2. The third-order valence-corrected chi connectivity index (χ3v) is 4.74. The quantitative estimate of drug-likeness (QED) is 0.664. The fraction of sp³-hybridized carbons (Fsp3) is 0.211. The summed E-state index contributed by atoms with van der Waals surface area (Å²) >= 11 is 1.33. The molecular formula is C19H18FNO2S. The van der Waals surface area contributed by atoms with Gasteiger partial charge in [0, 0.05) is 16.1 Å². The van der Waals surface area contributed by atoms with Crippen molar-refractivity contribution in [1.82, 2.24) is 0 Å². The van der Waals surface area contributed by atoms with Crippen molar-refractivity contribution in [2.24, 2.45) is 0 Å². The van der Waals surface area contributed by atoms with Crippen molar-refractivity contribution in [1.29, 1.82) is 0 Å². The van der Waals surface area contributed by atoms with Gasteiger partial charge in [0.2, 0.25) is 5.78 Å². The van der Waals surface area contributed by atoms with Crippen LogP contribution < -0.4 is 5.73 Å². The van der Waals surface area contributed by atoms with Crippen LogP contribution in [0, 0.1) is 5.82 Å². The number of ether oxygens (including phenoxy) is 1. The summed E-state index contributed by atoms with van der Waals surface area (Å²) < 4.78 is 20.1. The maximum atomic E-state index is 14.2. The second-order valence-electron chi connectivity index (χ2n) is 6.12. The first-order valence-corrected chi connectivity index (χ1v) is 8.74. The van der Waals surface area contributed by atoms with Gasteiger partial charge in [-0.05, 0) is 56.0 Å². The average molecular weight is 343 g/mol. The maximum Gasteiger partial charge on any atom is 0.210 e. The number of Topliss-reactive ketones (excluding diaryl/α,β-unsaturated/α-hetero) is 1. The van der Waals surface area contributed by atoms with Gasteiger partial charge in [-0.3, -0.25) is 4.79 Å². The lowest BCUT2D eigenvalue weighted by Gasteiger charge is -2.18. The van der Waals surface area contributed by atoms with Crippen LogP contribution in [-0.2, 0) is 9.53 Å². The summed E-state index contributed by atoms with van der Waals surface area (Å²) in [4.78, 5) is 13.3. The molecule has 1 aliphatic rings. The smallest absolute Gasteiger partial charge is 0.210 e. The Balaban J connectivity index is 2.18. The van der Waals surface area contributed by atoms with E-state index in [1.807, 2.05) is 6.26 Å². The molecule has 0 spiro atoms. The first-order chi connectivity index (χ1) is 11.3. The third-order valence-electron chi connectivity index (χ3n) is 3.97. The number of ketones is 1. The van der Waals surface area contributed by atoms with Crippen molar-refractivity contribution >= 4 is 34.6 Å². The number of hydrogen-bond acceptors (Lipinski definition) is 4. The Morgan fingerprint density at radius 3 is 2.29 bits per heavy atom. The number of hydrogen-bond donors (Lipinski definition) is 1. The minimum atomic E-state index is -0.985. The molecular weight excluding hydrogens is 325 g/mol. The van der Waals surface area contributed by atoms with Crippen molar-refractivity contribution < 1.29 is 13.9 Å². The van der Waals surface area contributed by atoms with E-state index in [4.69, 9.17) is 10.5 Å². The largest absolute Gasteiger partial charge is 0.478 e. The molecule has 1 heterocycles. The highest BCUT2D eigenvalue weighted by molar-refractivity contribution is 7.98. The summed E-state index contributed by atoms with van der Waals surface area (Å²) in [6.45, 7) is 3.43. The number of rotatable bonds is 3. The van der Waals surface area contributed by atoms with Crippen LogP contribution >= 0.6 is 11.8 Å². The zero-order valence-corrected chi connectivity index (χ0v) is 14.5. The molecule has 2 aromatic carbocycles. The zero-order valence-electron chi connectivity index (χ0n) is 13.7. The zero-order chi connectivity index (χ0) is 17.5. The van der Waals surface area contributed by atoms with Gasteiger partial charge in [0.25, 0.3) is 0 Å². The van der Waals surface area contributed by atoms with Crippen LogP contribution in [0.1, 0.15) is 25.0 Å². The molecule has 0 radical (unpaired) electrons. The number of nitrogen functional groups attached to an aromatic ring is 1. The lowest BCUT2D eigenvalue weighted by molar-refractivity contribution is -0.125. The van der Waals surface area contributed by atoms with E-state index in [-0.39, 0.29) is 11.6 Å². The molecule has 3 rings (SSSR count). The highest BCUT2D eigenvalue weighted by Crippen LogP contribution is 2.41. The Kier molecular flexibility index (Phi) is 4.13. The number of benzene rings is 2. The van der Waals surface area contributed by atoms with Gasteiger partial charge in [-0.15, -0.1) is 11.8 Å². The molecule has 0 saturated heterocycles. The Labute approximate surface area is 144 Å². The van der Waals surface area contributed by atoms with Gasteiger partial charge in [-0.25, -0.2) is 4.39 Å². The van der Waals surface area contributed by atoms with E-state index >= 15 is 0 Å². The number of anilines is 1. The molecule has 0 bridgehead atoms. The predicted molar refractivity (Wildman–Crippen MR) is 96.0 cm³/mol. The Hall–Kier alpha value is -2.27. The number of nitrogens with two attached hydrogens (primary N) is 1. The van der Waals surface area contributed by atoms with Crippen LogP contribution in [-0.4, -0.2) is 17.6 Å². The fourth-order valence-corrected chi connectivity index (χ4v) is 3.14. The molecule has 0 aromatic heterocycles. The number of halogens is 1. The maximum absolute atomic E-state index is 14.2. The lowest BCUT2D eigenvalue weighted by Crippen LogP contribution is -2.29. The number of thioether (sulfide) groups is 1. The summed E-state index contributed by atoms with van der Waals surface area (Å²) in [5, 5.41) is 0. The monoisotopic (exact) mass is 343 g/mol. The number of carbonyl (C=O) groups is 1. The van der Waals surface area contributed by atoms with Crippen molar-refractivity contribution in [2.75, 3.05) is 12.0 Å². The van der Waals surface area contributed by atoms with Crippen LogP contribution in [0.3, 0.4) is 0 Å². The predicted octanol–water partition coefficient (Wildman–Crippen LogP) is 4.38. The van der Waals surface area contributed by atoms with E-state index in [9.17, 15) is 9.18 Å². The molecule has 3 nitrogen and oxygen atoms in total. The van der Waals surface area contributed by atoms with E-state index in [1.54, 1.807) is 50.2 Å². The molecule has 0 saturated carbocycles. The van der Waals surface area contributed by atoms with Crippen LogP contribution in [0.5, 0.6) is 0 Å². The van der Waals surface area contributed by atoms with Gasteiger partial charge in [0.15, 0.2) is 5.60 Å². The van der Waals surface area contributed by atoms with Crippen LogP contribution in [0.15, 0.2) is 47.4 Å². The molecule has 2 aromatic rings. The van der Waals surface area contributed by atoms with Gasteiger partial charge >= 0.3 is 0 Å². The summed E-state index contributed by atoms with van der Waals surface area (Å²) in [6, 6.07) is 11.9. The lowest BCUT2D eigenvalue weighted by atomic mass is 9.92. The molecule has 0 fully saturated rings.